The summed E-state index contributed by atoms with van der Waals surface area (Å²) in [5.41, 5.74) is 0. The van der Waals surface area contributed by atoms with Crippen LogP contribution in [0.15, 0.2) is 12.1 Å². The van der Waals surface area contributed by atoms with E-state index in [1.54, 1.807) is 23.3 Å². The first-order valence-electron chi connectivity index (χ1n) is 7.34. The third-order valence-corrected chi connectivity index (χ3v) is 5.18. The SMILES string of the molecule is CCc1ccc(CNC(=O)N(C)CC2CCCC2O)s1. The molecule has 2 unspecified atom stereocenters. The fourth-order valence-electron chi connectivity index (χ4n) is 2.67. The van der Waals surface area contributed by atoms with Gasteiger partial charge in [0.2, 0.25) is 0 Å². The molecule has 1 aliphatic rings. The lowest BCUT2D eigenvalue weighted by Gasteiger charge is -2.23. The van der Waals surface area contributed by atoms with Crippen LogP contribution < -0.4 is 5.32 Å². The van der Waals surface area contributed by atoms with Crippen LogP contribution in [0.3, 0.4) is 0 Å². The molecule has 5 heteroatoms. The number of aryl methyl sites for hydroxylation is 1. The molecule has 0 bridgehead atoms. The van der Waals surface area contributed by atoms with Gasteiger partial charge in [-0.1, -0.05) is 13.3 Å². The Labute approximate surface area is 124 Å². The molecule has 112 valence electrons. The van der Waals surface area contributed by atoms with Crippen LogP contribution in [0, 0.1) is 5.92 Å². The van der Waals surface area contributed by atoms with Gasteiger partial charge >= 0.3 is 6.03 Å². The minimum absolute atomic E-state index is 0.0597. The molecule has 0 aromatic carbocycles. The molecule has 2 rings (SSSR count). The van der Waals surface area contributed by atoms with E-state index in [-0.39, 0.29) is 18.1 Å². The number of nitrogens with zero attached hydrogens (tertiary/aromatic N) is 1. The Morgan fingerprint density at radius 2 is 2.20 bits per heavy atom. The maximum atomic E-state index is 12.0. The van der Waals surface area contributed by atoms with Gasteiger partial charge in [-0.15, -0.1) is 11.3 Å². The molecule has 1 aromatic heterocycles. The first-order chi connectivity index (χ1) is 9.60. The molecule has 20 heavy (non-hydrogen) atoms. The van der Waals surface area contributed by atoms with Crippen molar-refractivity contribution in [2.75, 3.05) is 13.6 Å². The summed E-state index contributed by atoms with van der Waals surface area (Å²) in [6.07, 6.45) is 3.75. The third-order valence-electron chi connectivity index (χ3n) is 3.95. The Hall–Kier alpha value is -1.07. The molecule has 2 atom stereocenters. The summed E-state index contributed by atoms with van der Waals surface area (Å²) in [5, 5.41) is 12.7. The van der Waals surface area contributed by atoms with Crippen LogP contribution in [0.5, 0.6) is 0 Å². The summed E-state index contributed by atoms with van der Waals surface area (Å²) in [4.78, 5) is 16.2. The summed E-state index contributed by atoms with van der Waals surface area (Å²) in [7, 11) is 1.80. The number of urea groups is 1. The molecule has 0 aliphatic heterocycles. The van der Waals surface area contributed by atoms with E-state index in [1.165, 1.54) is 9.75 Å². The van der Waals surface area contributed by atoms with Gasteiger partial charge in [0.25, 0.3) is 0 Å². The van der Waals surface area contributed by atoms with Crippen LogP contribution in [0.1, 0.15) is 35.9 Å². The van der Waals surface area contributed by atoms with Gasteiger partial charge in [0.05, 0.1) is 12.6 Å². The monoisotopic (exact) mass is 296 g/mol. The fraction of sp³-hybridized carbons (Fsp3) is 0.667. The van der Waals surface area contributed by atoms with Crippen molar-refractivity contribution in [3.8, 4) is 0 Å². The van der Waals surface area contributed by atoms with Crippen LogP contribution >= 0.6 is 11.3 Å². The lowest BCUT2D eigenvalue weighted by atomic mass is 10.1. The van der Waals surface area contributed by atoms with Gasteiger partial charge in [-0.05, 0) is 31.4 Å². The fourth-order valence-corrected chi connectivity index (χ4v) is 3.57. The van der Waals surface area contributed by atoms with Gasteiger partial charge in [-0.25, -0.2) is 4.79 Å². The van der Waals surface area contributed by atoms with Crippen molar-refractivity contribution in [2.24, 2.45) is 5.92 Å². The Bertz CT molecular complexity index is 447. The molecule has 1 fully saturated rings. The van der Waals surface area contributed by atoms with Crippen molar-refractivity contribution < 1.29 is 9.90 Å². The summed E-state index contributed by atoms with van der Waals surface area (Å²) in [5.74, 6) is 0.235. The van der Waals surface area contributed by atoms with E-state index in [4.69, 9.17) is 0 Å². The highest BCUT2D eigenvalue weighted by molar-refractivity contribution is 7.11. The second-order valence-electron chi connectivity index (χ2n) is 5.52. The van der Waals surface area contributed by atoms with Gasteiger partial charge < -0.3 is 15.3 Å². The van der Waals surface area contributed by atoms with E-state index in [9.17, 15) is 9.90 Å². The van der Waals surface area contributed by atoms with Gasteiger partial charge in [0.15, 0.2) is 0 Å². The summed E-state index contributed by atoms with van der Waals surface area (Å²) < 4.78 is 0. The van der Waals surface area contributed by atoms with Crippen molar-refractivity contribution >= 4 is 17.4 Å². The third kappa shape index (κ3) is 3.96. The number of aliphatic hydroxyl groups excluding tert-OH is 1. The highest BCUT2D eigenvalue weighted by Gasteiger charge is 2.27. The summed E-state index contributed by atoms with van der Waals surface area (Å²) >= 11 is 1.75. The highest BCUT2D eigenvalue weighted by atomic mass is 32.1. The Kier molecular flexibility index (Phi) is 5.43. The van der Waals surface area contributed by atoms with E-state index in [0.29, 0.717) is 13.1 Å². The number of amides is 2. The second kappa shape index (κ2) is 7.09. The average Bonchev–Trinajstić information content (AvgIpc) is 3.05. The lowest BCUT2D eigenvalue weighted by molar-refractivity contribution is 0.114. The number of rotatable bonds is 5. The number of carbonyl (C=O) groups excluding carboxylic acids is 1. The normalized spacial score (nSPS) is 21.9. The Morgan fingerprint density at radius 3 is 2.80 bits per heavy atom. The largest absolute Gasteiger partial charge is 0.393 e. The lowest BCUT2D eigenvalue weighted by Crippen LogP contribution is -2.40. The van der Waals surface area contributed by atoms with E-state index in [1.807, 2.05) is 0 Å². The van der Waals surface area contributed by atoms with Crippen molar-refractivity contribution in [1.29, 1.82) is 0 Å². The van der Waals surface area contributed by atoms with Crippen molar-refractivity contribution in [2.45, 2.75) is 45.3 Å². The first kappa shape index (κ1) is 15.3. The number of nitrogens with one attached hydrogen (secondary N) is 1. The molecule has 1 aliphatic carbocycles. The van der Waals surface area contributed by atoms with Crippen LogP contribution in [0.25, 0.3) is 0 Å². The number of hydrogen-bond acceptors (Lipinski definition) is 3. The minimum atomic E-state index is -0.241. The van der Waals surface area contributed by atoms with Crippen LogP contribution in [-0.2, 0) is 13.0 Å². The molecular formula is C15H24N2O2S. The number of thiophene rings is 1. The van der Waals surface area contributed by atoms with E-state index >= 15 is 0 Å². The molecule has 2 amide bonds. The Balaban J connectivity index is 1.76. The predicted octanol–water partition coefficient (Wildman–Crippen LogP) is 2.61. The molecule has 0 saturated heterocycles. The summed E-state index contributed by atoms with van der Waals surface area (Å²) in [6.45, 7) is 3.35. The smallest absolute Gasteiger partial charge is 0.317 e. The predicted molar refractivity (Wildman–Crippen MR) is 81.9 cm³/mol. The van der Waals surface area contributed by atoms with E-state index < -0.39 is 0 Å². The van der Waals surface area contributed by atoms with Crippen LogP contribution in [0.4, 0.5) is 4.79 Å². The van der Waals surface area contributed by atoms with Gasteiger partial charge in [-0.3, -0.25) is 0 Å². The van der Waals surface area contributed by atoms with E-state index in [0.717, 1.165) is 25.7 Å². The highest BCUT2D eigenvalue weighted by Crippen LogP contribution is 2.26. The number of aliphatic hydroxyl groups is 1. The molecule has 2 N–H and O–H groups in total. The minimum Gasteiger partial charge on any atom is -0.393 e. The molecule has 0 spiro atoms. The van der Waals surface area contributed by atoms with Crippen molar-refractivity contribution in [1.82, 2.24) is 10.2 Å². The zero-order chi connectivity index (χ0) is 14.5. The quantitative estimate of drug-likeness (QED) is 0.877. The molecule has 1 heterocycles. The zero-order valence-corrected chi connectivity index (χ0v) is 13.1. The van der Waals surface area contributed by atoms with Gasteiger partial charge in [0.1, 0.15) is 0 Å². The average molecular weight is 296 g/mol. The molecule has 4 nitrogen and oxygen atoms in total. The summed E-state index contributed by atoms with van der Waals surface area (Å²) in [6, 6.07) is 4.13. The number of hydrogen-bond donors (Lipinski definition) is 2. The molecule has 1 saturated carbocycles. The molecular weight excluding hydrogens is 272 g/mol. The van der Waals surface area contributed by atoms with E-state index in [2.05, 4.69) is 24.4 Å². The maximum absolute atomic E-state index is 12.0. The maximum Gasteiger partial charge on any atom is 0.317 e. The second-order valence-corrected chi connectivity index (χ2v) is 6.77. The first-order valence-corrected chi connectivity index (χ1v) is 8.16. The van der Waals surface area contributed by atoms with Gasteiger partial charge in [0, 0.05) is 29.3 Å². The topological polar surface area (TPSA) is 52.6 Å². The zero-order valence-electron chi connectivity index (χ0n) is 12.3. The molecule has 1 aromatic rings. The van der Waals surface area contributed by atoms with Crippen molar-refractivity contribution in [3.05, 3.63) is 21.9 Å². The van der Waals surface area contributed by atoms with Crippen LogP contribution in [-0.4, -0.2) is 35.7 Å². The molecule has 0 radical (unpaired) electrons. The standard InChI is InChI=1S/C15H24N2O2S/c1-3-12-7-8-13(20-12)9-16-15(19)17(2)10-11-5-4-6-14(11)18/h7-8,11,14,18H,3-6,9-10H2,1-2H3,(H,16,19). The van der Waals surface area contributed by atoms with Crippen molar-refractivity contribution in [3.63, 3.8) is 0 Å². The number of carbonyl (C=O) groups is 1. The van der Waals surface area contributed by atoms with Gasteiger partial charge in [-0.2, -0.15) is 0 Å². The van der Waals surface area contributed by atoms with Crippen LogP contribution in [0.2, 0.25) is 0 Å². The Morgan fingerprint density at radius 1 is 1.45 bits per heavy atom.